The van der Waals surface area contributed by atoms with Gasteiger partial charge in [0.15, 0.2) is 0 Å². The van der Waals surface area contributed by atoms with E-state index in [1.807, 2.05) is 87.5 Å². The number of nitrogens with one attached hydrogen (secondary N) is 1. The summed E-state index contributed by atoms with van der Waals surface area (Å²) in [7, 11) is -3.81. The van der Waals surface area contributed by atoms with Crippen LogP contribution in [0.15, 0.2) is 78.9 Å². The van der Waals surface area contributed by atoms with Gasteiger partial charge in [-0.1, -0.05) is 93.1 Å². The van der Waals surface area contributed by atoms with E-state index < -0.39 is 28.5 Å². The summed E-state index contributed by atoms with van der Waals surface area (Å²) in [5.74, 6) is -0.750. The second-order valence-corrected chi connectivity index (χ2v) is 13.8. The molecule has 0 saturated carbocycles. The minimum atomic E-state index is -3.81. The summed E-state index contributed by atoms with van der Waals surface area (Å²) < 4.78 is 27.1. The molecule has 41 heavy (non-hydrogen) atoms. The quantitative estimate of drug-likeness (QED) is 0.338. The summed E-state index contributed by atoms with van der Waals surface area (Å²) in [5, 5.41) is 2.96. The van der Waals surface area contributed by atoms with Gasteiger partial charge in [0, 0.05) is 19.0 Å². The highest BCUT2D eigenvalue weighted by molar-refractivity contribution is 7.92. The summed E-state index contributed by atoms with van der Waals surface area (Å²) >= 11 is 0. The molecule has 1 N–H and O–H groups in total. The molecule has 1 atom stereocenters. The van der Waals surface area contributed by atoms with Crippen LogP contribution in [0, 0.1) is 6.92 Å². The minimum absolute atomic E-state index is 0.108. The Morgan fingerprint density at radius 1 is 0.854 bits per heavy atom. The van der Waals surface area contributed by atoms with E-state index in [9.17, 15) is 18.0 Å². The molecule has 3 rings (SSSR count). The molecule has 3 aromatic carbocycles. The van der Waals surface area contributed by atoms with Gasteiger partial charge in [0.05, 0.1) is 11.9 Å². The van der Waals surface area contributed by atoms with Crippen molar-refractivity contribution in [2.24, 2.45) is 0 Å². The molecule has 3 aromatic rings. The van der Waals surface area contributed by atoms with Crippen molar-refractivity contribution >= 4 is 27.5 Å². The van der Waals surface area contributed by atoms with Crippen LogP contribution in [0.5, 0.6) is 0 Å². The maximum Gasteiger partial charge on any atom is 0.244 e. The fourth-order valence-corrected chi connectivity index (χ4v) is 5.42. The Balaban J connectivity index is 2.04. The number of amides is 2. The number of anilines is 1. The molecular weight excluding hydrogens is 534 g/mol. The predicted molar refractivity (Wildman–Crippen MR) is 166 cm³/mol. The fourth-order valence-electron chi connectivity index (χ4n) is 4.57. The highest BCUT2D eigenvalue weighted by Gasteiger charge is 2.33. The van der Waals surface area contributed by atoms with Crippen LogP contribution >= 0.6 is 0 Å². The molecule has 0 heterocycles. The van der Waals surface area contributed by atoms with Crippen LogP contribution in [0.3, 0.4) is 0 Å². The second kappa shape index (κ2) is 13.3. The third kappa shape index (κ3) is 9.18. The van der Waals surface area contributed by atoms with Gasteiger partial charge in [-0.3, -0.25) is 13.9 Å². The van der Waals surface area contributed by atoms with Crippen molar-refractivity contribution in [1.82, 2.24) is 10.2 Å². The van der Waals surface area contributed by atoms with Crippen molar-refractivity contribution < 1.29 is 18.0 Å². The van der Waals surface area contributed by atoms with Crippen LogP contribution in [0.1, 0.15) is 56.9 Å². The Kier molecular flexibility index (Phi) is 10.4. The number of carbonyl (C=O) groups is 2. The van der Waals surface area contributed by atoms with Crippen LogP contribution < -0.4 is 9.62 Å². The van der Waals surface area contributed by atoms with Crippen molar-refractivity contribution in [3.63, 3.8) is 0 Å². The summed E-state index contributed by atoms with van der Waals surface area (Å²) in [4.78, 5) is 29.2. The number of rotatable bonds is 11. The number of aryl methyl sites for hydroxylation is 1. The maximum absolute atomic E-state index is 14.1. The minimum Gasteiger partial charge on any atom is -0.352 e. The third-order valence-electron chi connectivity index (χ3n) is 6.88. The molecule has 0 aliphatic rings. The molecule has 0 saturated heterocycles. The molecule has 7 nitrogen and oxygen atoms in total. The van der Waals surface area contributed by atoms with Gasteiger partial charge in [0.25, 0.3) is 0 Å². The first kappa shape index (κ1) is 31.9. The average molecular weight is 578 g/mol. The van der Waals surface area contributed by atoms with Crippen molar-refractivity contribution in [3.05, 3.63) is 101 Å². The summed E-state index contributed by atoms with van der Waals surface area (Å²) in [6.07, 6.45) is 1.38. The van der Waals surface area contributed by atoms with Crippen LogP contribution in [-0.2, 0) is 38.0 Å². The van der Waals surface area contributed by atoms with Crippen molar-refractivity contribution in [3.8, 4) is 0 Å². The molecule has 220 valence electrons. The molecule has 2 amide bonds. The Labute approximate surface area is 245 Å². The largest absolute Gasteiger partial charge is 0.352 e. The van der Waals surface area contributed by atoms with Gasteiger partial charge >= 0.3 is 0 Å². The van der Waals surface area contributed by atoms with Crippen molar-refractivity contribution in [2.45, 2.75) is 72.0 Å². The Morgan fingerprint density at radius 3 is 1.95 bits per heavy atom. The van der Waals surface area contributed by atoms with E-state index in [0.29, 0.717) is 5.69 Å². The van der Waals surface area contributed by atoms with Gasteiger partial charge in [-0.05, 0) is 55.0 Å². The molecule has 0 fully saturated rings. The van der Waals surface area contributed by atoms with Crippen molar-refractivity contribution in [2.75, 3.05) is 17.1 Å². The monoisotopic (exact) mass is 577 g/mol. The molecule has 0 aliphatic heterocycles. The lowest BCUT2D eigenvalue weighted by Gasteiger charge is -2.34. The first-order chi connectivity index (χ1) is 19.1. The predicted octanol–water partition coefficient (Wildman–Crippen LogP) is 5.22. The lowest BCUT2D eigenvalue weighted by atomic mass is 9.87. The van der Waals surface area contributed by atoms with Gasteiger partial charge in [-0.15, -0.1) is 0 Å². The topological polar surface area (TPSA) is 86.8 Å². The standard InChI is InChI=1S/C33H43N3O4S/c1-24(2)34-32(38)30(21-26-11-9-8-10-12-26)35(22-27-15-13-25(3)14-16-27)31(37)23-36(41(7,39)40)29-19-17-28(18-20-29)33(4,5)6/h8-20,24,30H,21-23H2,1-7H3,(H,34,38)/t30-/m1/s1. The molecule has 0 unspecified atom stereocenters. The van der Waals surface area contributed by atoms with Gasteiger partial charge < -0.3 is 10.2 Å². The first-order valence-electron chi connectivity index (χ1n) is 13.9. The number of benzene rings is 3. The van der Waals surface area contributed by atoms with Crippen LogP contribution in [0.25, 0.3) is 0 Å². The Hall–Kier alpha value is -3.65. The van der Waals surface area contributed by atoms with Crippen LogP contribution in [-0.4, -0.2) is 50.0 Å². The molecule has 0 bridgehead atoms. The maximum atomic E-state index is 14.1. The van der Waals surface area contributed by atoms with Gasteiger partial charge in [-0.25, -0.2) is 8.42 Å². The normalized spacial score (nSPS) is 12.6. The summed E-state index contributed by atoms with van der Waals surface area (Å²) in [5.41, 5.74) is 4.16. The number of hydrogen-bond donors (Lipinski definition) is 1. The Bertz CT molecular complexity index is 1410. The van der Waals surface area contributed by atoms with Gasteiger partial charge in [0.1, 0.15) is 12.6 Å². The van der Waals surface area contributed by atoms with Crippen LogP contribution in [0.4, 0.5) is 5.69 Å². The number of sulfonamides is 1. The van der Waals surface area contributed by atoms with E-state index >= 15 is 0 Å². The first-order valence-corrected chi connectivity index (χ1v) is 15.8. The third-order valence-corrected chi connectivity index (χ3v) is 8.02. The molecule has 0 spiro atoms. The lowest BCUT2D eigenvalue weighted by molar-refractivity contribution is -0.140. The van der Waals surface area contributed by atoms with E-state index in [1.54, 1.807) is 12.1 Å². The highest BCUT2D eigenvalue weighted by atomic mass is 32.2. The average Bonchev–Trinajstić information content (AvgIpc) is 2.89. The van der Waals surface area contributed by atoms with E-state index in [1.165, 1.54) is 4.90 Å². The number of nitrogens with zero attached hydrogens (tertiary/aromatic N) is 2. The lowest BCUT2D eigenvalue weighted by Crippen LogP contribution is -2.54. The summed E-state index contributed by atoms with van der Waals surface area (Å²) in [6.45, 7) is 11.7. The van der Waals surface area contributed by atoms with Gasteiger partial charge in [0.2, 0.25) is 21.8 Å². The SMILES string of the molecule is Cc1ccc(CN(C(=O)CN(c2ccc(C(C)(C)C)cc2)S(C)(=O)=O)[C@H](Cc2ccccc2)C(=O)NC(C)C)cc1. The van der Waals surface area contributed by atoms with Gasteiger partial charge in [-0.2, -0.15) is 0 Å². The highest BCUT2D eigenvalue weighted by Crippen LogP contribution is 2.26. The zero-order valence-electron chi connectivity index (χ0n) is 25.2. The number of hydrogen-bond acceptors (Lipinski definition) is 4. The molecule has 0 aliphatic carbocycles. The molecule has 0 radical (unpaired) electrons. The van der Waals surface area contributed by atoms with E-state index in [2.05, 4.69) is 26.1 Å². The second-order valence-electron chi connectivity index (χ2n) is 11.9. The van der Waals surface area contributed by atoms with E-state index in [0.717, 1.165) is 32.8 Å². The smallest absolute Gasteiger partial charge is 0.244 e. The van der Waals surface area contributed by atoms with E-state index in [-0.39, 0.29) is 30.3 Å². The van der Waals surface area contributed by atoms with Crippen LogP contribution in [0.2, 0.25) is 0 Å². The zero-order valence-corrected chi connectivity index (χ0v) is 26.0. The number of carbonyl (C=O) groups excluding carboxylic acids is 2. The van der Waals surface area contributed by atoms with E-state index in [4.69, 9.17) is 0 Å². The van der Waals surface area contributed by atoms with Crippen molar-refractivity contribution in [1.29, 1.82) is 0 Å². The molecule has 0 aromatic heterocycles. The Morgan fingerprint density at radius 2 is 1.44 bits per heavy atom. The fraction of sp³-hybridized carbons (Fsp3) is 0.394. The molecular formula is C33H43N3O4S. The zero-order chi connectivity index (χ0) is 30.4. The molecule has 8 heteroatoms. The summed E-state index contributed by atoms with van der Waals surface area (Å²) in [6, 6.07) is 23.5.